The maximum atomic E-state index is 9.15. The molecule has 5 heteroatoms. The Morgan fingerprint density at radius 1 is 1.24 bits per heavy atom. The standard InChI is InChI=1S/C16H11BrN2O2/c17-12-6-5-10(7-13(12)19)9-20-16-11-3-1-2-4-14(11)21-15(16)8-18/h1-7H,9,19H2. The van der Waals surface area contributed by atoms with Gasteiger partial charge in [-0.3, -0.25) is 0 Å². The van der Waals surface area contributed by atoms with E-state index < -0.39 is 0 Å². The fraction of sp³-hybridized carbons (Fsp3) is 0.0625. The minimum Gasteiger partial charge on any atom is -0.483 e. The van der Waals surface area contributed by atoms with Crippen LogP contribution in [-0.4, -0.2) is 0 Å². The first-order valence-corrected chi connectivity index (χ1v) is 7.06. The van der Waals surface area contributed by atoms with Gasteiger partial charge in [-0.2, -0.15) is 5.26 Å². The molecule has 21 heavy (non-hydrogen) atoms. The van der Waals surface area contributed by atoms with Crippen LogP contribution in [0.3, 0.4) is 0 Å². The maximum Gasteiger partial charge on any atom is 0.246 e. The van der Waals surface area contributed by atoms with E-state index in [4.69, 9.17) is 20.1 Å². The second-order valence-electron chi connectivity index (χ2n) is 4.51. The number of anilines is 1. The molecule has 2 aromatic carbocycles. The second kappa shape index (κ2) is 5.51. The third-order valence-corrected chi connectivity index (χ3v) is 3.82. The minimum absolute atomic E-state index is 0.182. The molecular weight excluding hydrogens is 332 g/mol. The van der Waals surface area contributed by atoms with E-state index in [0.29, 0.717) is 23.6 Å². The third kappa shape index (κ3) is 2.58. The van der Waals surface area contributed by atoms with E-state index in [0.717, 1.165) is 15.4 Å². The number of nitrogen functional groups attached to an aromatic ring is 1. The number of furan rings is 1. The Labute approximate surface area is 129 Å². The van der Waals surface area contributed by atoms with E-state index in [1.165, 1.54) is 0 Å². The van der Waals surface area contributed by atoms with Crippen molar-refractivity contribution in [3.05, 3.63) is 58.3 Å². The molecule has 0 fully saturated rings. The molecule has 0 spiro atoms. The molecule has 0 atom stereocenters. The van der Waals surface area contributed by atoms with Crippen LogP contribution in [0.15, 0.2) is 51.4 Å². The average Bonchev–Trinajstić information content (AvgIpc) is 2.86. The SMILES string of the molecule is N#Cc1oc2ccccc2c1OCc1ccc(Br)c(N)c1. The number of hydrogen-bond donors (Lipinski definition) is 1. The molecule has 0 aliphatic heterocycles. The largest absolute Gasteiger partial charge is 0.483 e. The molecule has 0 saturated carbocycles. The van der Waals surface area contributed by atoms with E-state index in [-0.39, 0.29) is 5.76 Å². The Morgan fingerprint density at radius 3 is 2.81 bits per heavy atom. The summed E-state index contributed by atoms with van der Waals surface area (Å²) in [5.74, 6) is 0.649. The van der Waals surface area contributed by atoms with Crippen molar-refractivity contribution in [3.63, 3.8) is 0 Å². The first-order chi connectivity index (χ1) is 10.2. The molecule has 3 aromatic rings. The van der Waals surface area contributed by atoms with Gasteiger partial charge < -0.3 is 14.9 Å². The van der Waals surface area contributed by atoms with Crippen molar-refractivity contribution in [3.8, 4) is 11.8 Å². The van der Waals surface area contributed by atoms with Crippen LogP contribution in [0, 0.1) is 11.3 Å². The number of para-hydroxylation sites is 1. The highest BCUT2D eigenvalue weighted by atomic mass is 79.9. The summed E-state index contributed by atoms with van der Waals surface area (Å²) in [5, 5.41) is 9.94. The molecule has 3 rings (SSSR count). The van der Waals surface area contributed by atoms with Gasteiger partial charge in [0.25, 0.3) is 0 Å². The summed E-state index contributed by atoms with van der Waals surface area (Å²) in [6.07, 6.45) is 0. The third-order valence-electron chi connectivity index (χ3n) is 3.10. The number of nitriles is 1. The van der Waals surface area contributed by atoms with Gasteiger partial charge in [0, 0.05) is 10.2 Å². The predicted octanol–water partition coefficient (Wildman–Crippen LogP) is 4.23. The van der Waals surface area contributed by atoms with Gasteiger partial charge in [0.2, 0.25) is 5.76 Å². The van der Waals surface area contributed by atoms with Gasteiger partial charge in [0.1, 0.15) is 18.3 Å². The zero-order valence-electron chi connectivity index (χ0n) is 11.0. The predicted molar refractivity (Wildman–Crippen MR) is 83.8 cm³/mol. The highest BCUT2D eigenvalue weighted by molar-refractivity contribution is 9.10. The fourth-order valence-corrected chi connectivity index (χ4v) is 2.32. The molecule has 0 unspecified atom stereocenters. The Kier molecular flexibility index (Phi) is 3.55. The molecule has 0 aliphatic carbocycles. The molecule has 0 bridgehead atoms. The van der Waals surface area contributed by atoms with Gasteiger partial charge in [-0.05, 0) is 45.8 Å². The van der Waals surface area contributed by atoms with Crippen LogP contribution in [-0.2, 0) is 6.61 Å². The topological polar surface area (TPSA) is 72.2 Å². The molecule has 1 aromatic heterocycles. The number of fused-ring (bicyclic) bond motifs is 1. The summed E-state index contributed by atoms with van der Waals surface area (Å²) in [6, 6.07) is 15.0. The van der Waals surface area contributed by atoms with Crippen LogP contribution in [0.4, 0.5) is 5.69 Å². The van der Waals surface area contributed by atoms with E-state index >= 15 is 0 Å². The van der Waals surface area contributed by atoms with Crippen molar-refractivity contribution >= 4 is 32.6 Å². The van der Waals surface area contributed by atoms with Gasteiger partial charge in [-0.25, -0.2) is 0 Å². The number of halogens is 1. The van der Waals surface area contributed by atoms with Crippen LogP contribution in [0.1, 0.15) is 11.3 Å². The van der Waals surface area contributed by atoms with Crippen LogP contribution < -0.4 is 10.5 Å². The first-order valence-electron chi connectivity index (χ1n) is 6.27. The number of hydrogen-bond acceptors (Lipinski definition) is 4. The van der Waals surface area contributed by atoms with Crippen molar-refractivity contribution in [2.45, 2.75) is 6.61 Å². The van der Waals surface area contributed by atoms with Crippen LogP contribution in [0.5, 0.6) is 5.75 Å². The Bertz CT molecular complexity index is 849. The summed E-state index contributed by atoms with van der Waals surface area (Å²) >= 11 is 3.35. The van der Waals surface area contributed by atoms with Gasteiger partial charge in [-0.15, -0.1) is 0 Å². The molecule has 1 heterocycles. The first kappa shape index (κ1) is 13.5. The summed E-state index contributed by atoms with van der Waals surface area (Å²) in [7, 11) is 0. The Morgan fingerprint density at radius 2 is 2.05 bits per heavy atom. The van der Waals surface area contributed by atoms with Crippen molar-refractivity contribution < 1.29 is 9.15 Å². The zero-order chi connectivity index (χ0) is 14.8. The number of benzene rings is 2. The molecule has 4 nitrogen and oxygen atoms in total. The zero-order valence-corrected chi connectivity index (χ0v) is 12.6. The fourth-order valence-electron chi connectivity index (χ4n) is 2.08. The van der Waals surface area contributed by atoms with E-state index in [1.807, 2.05) is 42.5 Å². The van der Waals surface area contributed by atoms with Crippen LogP contribution in [0.25, 0.3) is 11.0 Å². The van der Waals surface area contributed by atoms with Crippen LogP contribution in [0.2, 0.25) is 0 Å². The van der Waals surface area contributed by atoms with E-state index in [9.17, 15) is 0 Å². The molecule has 0 aliphatic rings. The Balaban J connectivity index is 1.91. The van der Waals surface area contributed by atoms with E-state index in [1.54, 1.807) is 6.07 Å². The number of nitrogens with two attached hydrogens (primary N) is 1. The minimum atomic E-state index is 0.182. The molecule has 2 N–H and O–H groups in total. The summed E-state index contributed by atoms with van der Waals surface area (Å²) in [5.41, 5.74) is 8.05. The molecule has 0 amide bonds. The van der Waals surface area contributed by atoms with Crippen molar-refractivity contribution in [2.24, 2.45) is 0 Å². The smallest absolute Gasteiger partial charge is 0.246 e. The van der Waals surface area contributed by atoms with Gasteiger partial charge in [-0.1, -0.05) is 18.2 Å². The monoisotopic (exact) mass is 342 g/mol. The lowest BCUT2D eigenvalue weighted by Gasteiger charge is -2.06. The lowest BCUT2D eigenvalue weighted by molar-refractivity contribution is 0.304. The molecule has 0 radical (unpaired) electrons. The van der Waals surface area contributed by atoms with Crippen molar-refractivity contribution in [1.82, 2.24) is 0 Å². The maximum absolute atomic E-state index is 9.15. The highest BCUT2D eigenvalue weighted by Crippen LogP contribution is 2.33. The molecule has 104 valence electrons. The summed E-state index contributed by atoms with van der Waals surface area (Å²) < 4.78 is 12.1. The number of nitrogens with zero attached hydrogens (tertiary/aromatic N) is 1. The Hall–Kier alpha value is -2.45. The average molecular weight is 343 g/mol. The highest BCUT2D eigenvalue weighted by Gasteiger charge is 2.15. The van der Waals surface area contributed by atoms with Gasteiger partial charge >= 0.3 is 0 Å². The van der Waals surface area contributed by atoms with Crippen molar-refractivity contribution in [2.75, 3.05) is 5.73 Å². The number of rotatable bonds is 3. The van der Waals surface area contributed by atoms with Crippen LogP contribution >= 0.6 is 15.9 Å². The van der Waals surface area contributed by atoms with E-state index in [2.05, 4.69) is 15.9 Å². The van der Waals surface area contributed by atoms with Gasteiger partial charge in [0.15, 0.2) is 5.75 Å². The second-order valence-corrected chi connectivity index (χ2v) is 5.37. The lowest BCUT2D eigenvalue weighted by Crippen LogP contribution is -1.97. The lowest BCUT2D eigenvalue weighted by atomic mass is 10.2. The summed E-state index contributed by atoms with van der Waals surface area (Å²) in [4.78, 5) is 0. The van der Waals surface area contributed by atoms with Crippen molar-refractivity contribution in [1.29, 1.82) is 5.26 Å². The molecular formula is C16H11BrN2O2. The number of ether oxygens (including phenoxy) is 1. The quantitative estimate of drug-likeness (QED) is 0.723. The molecule has 0 saturated heterocycles. The van der Waals surface area contributed by atoms with Gasteiger partial charge in [0.05, 0.1) is 5.39 Å². The normalized spacial score (nSPS) is 10.5. The summed E-state index contributed by atoms with van der Waals surface area (Å²) in [6.45, 7) is 0.315.